The van der Waals surface area contributed by atoms with Crippen molar-refractivity contribution in [2.24, 2.45) is 0 Å². The predicted molar refractivity (Wildman–Crippen MR) is 60.5 cm³/mol. The number of carboxylic acids is 1. The lowest BCUT2D eigenvalue weighted by Crippen LogP contribution is -2.04. The van der Waals surface area contributed by atoms with E-state index >= 15 is 0 Å². The molecule has 18 heavy (non-hydrogen) atoms. The Morgan fingerprint density at radius 1 is 1.28 bits per heavy atom. The first-order chi connectivity index (χ1) is 8.58. The SMILES string of the molecule is O=C(O)c1c(F)cccc1Oc1ccc(Cl)nn1. The molecule has 1 N–H and O–H groups in total. The topological polar surface area (TPSA) is 72.3 Å². The minimum atomic E-state index is -1.43. The largest absolute Gasteiger partial charge is 0.477 e. The van der Waals surface area contributed by atoms with Crippen LogP contribution in [0.25, 0.3) is 0 Å². The second-order valence-electron chi connectivity index (χ2n) is 3.21. The van der Waals surface area contributed by atoms with Crippen LogP contribution in [0.3, 0.4) is 0 Å². The zero-order chi connectivity index (χ0) is 13.1. The van der Waals surface area contributed by atoms with Gasteiger partial charge in [0.2, 0.25) is 5.88 Å². The highest BCUT2D eigenvalue weighted by atomic mass is 35.5. The van der Waals surface area contributed by atoms with E-state index in [1.54, 1.807) is 0 Å². The third-order valence-corrected chi connectivity index (χ3v) is 2.21. The van der Waals surface area contributed by atoms with Gasteiger partial charge in [-0.05, 0) is 18.2 Å². The van der Waals surface area contributed by atoms with Gasteiger partial charge in [0.15, 0.2) is 5.15 Å². The van der Waals surface area contributed by atoms with Gasteiger partial charge in [-0.3, -0.25) is 0 Å². The van der Waals surface area contributed by atoms with Gasteiger partial charge in [-0.2, -0.15) is 0 Å². The van der Waals surface area contributed by atoms with Gasteiger partial charge in [-0.15, -0.1) is 10.2 Å². The maximum absolute atomic E-state index is 13.3. The molecule has 0 aliphatic heterocycles. The fourth-order valence-electron chi connectivity index (χ4n) is 1.27. The van der Waals surface area contributed by atoms with E-state index in [0.29, 0.717) is 0 Å². The lowest BCUT2D eigenvalue weighted by Gasteiger charge is -2.07. The Morgan fingerprint density at radius 3 is 2.67 bits per heavy atom. The van der Waals surface area contributed by atoms with Crippen molar-refractivity contribution in [1.29, 1.82) is 0 Å². The van der Waals surface area contributed by atoms with Crippen LogP contribution in [-0.2, 0) is 0 Å². The molecule has 0 saturated carbocycles. The van der Waals surface area contributed by atoms with Crippen molar-refractivity contribution in [1.82, 2.24) is 10.2 Å². The van der Waals surface area contributed by atoms with Gasteiger partial charge in [-0.25, -0.2) is 9.18 Å². The van der Waals surface area contributed by atoms with Gasteiger partial charge in [0, 0.05) is 6.07 Å². The van der Waals surface area contributed by atoms with Gasteiger partial charge in [0.25, 0.3) is 0 Å². The number of benzene rings is 1. The Balaban J connectivity index is 2.37. The van der Waals surface area contributed by atoms with Crippen LogP contribution in [0.4, 0.5) is 4.39 Å². The molecule has 0 radical (unpaired) electrons. The van der Waals surface area contributed by atoms with Gasteiger partial charge in [0.1, 0.15) is 17.1 Å². The highest BCUT2D eigenvalue weighted by Gasteiger charge is 2.17. The van der Waals surface area contributed by atoms with E-state index < -0.39 is 17.3 Å². The molecule has 1 aromatic heterocycles. The summed E-state index contributed by atoms with van der Waals surface area (Å²) in [5.74, 6) is -2.45. The minimum Gasteiger partial charge on any atom is -0.477 e. The van der Waals surface area contributed by atoms with Crippen LogP contribution in [0.5, 0.6) is 11.6 Å². The first kappa shape index (κ1) is 12.3. The quantitative estimate of drug-likeness (QED) is 0.927. The molecule has 2 aromatic rings. The summed E-state index contributed by atoms with van der Waals surface area (Å²) in [6.45, 7) is 0. The molecule has 1 aromatic carbocycles. The number of ether oxygens (including phenoxy) is 1. The molecule has 92 valence electrons. The first-order valence-electron chi connectivity index (χ1n) is 4.77. The number of hydrogen-bond acceptors (Lipinski definition) is 4. The van der Waals surface area contributed by atoms with E-state index in [4.69, 9.17) is 21.4 Å². The standard InChI is InChI=1S/C11H6ClFN2O3/c12-8-4-5-9(15-14-8)18-7-3-1-2-6(13)10(7)11(16)17/h1-5H,(H,16,17). The third kappa shape index (κ3) is 2.54. The second kappa shape index (κ2) is 4.97. The molecule has 2 rings (SSSR count). The molecule has 0 aliphatic rings. The number of aromatic nitrogens is 2. The third-order valence-electron chi connectivity index (χ3n) is 2.01. The number of rotatable bonds is 3. The van der Waals surface area contributed by atoms with Crippen molar-refractivity contribution in [3.8, 4) is 11.6 Å². The van der Waals surface area contributed by atoms with Crippen molar-refractivity contribution in [2.75, 3.05) is 0 Å². The van der Waals surface area contributed by atoms with Crippen LogP contribution in [0.2, 0.25) is 5.15 Å². The summed E-state index contributed by atoms with van der Waals surface area (Å²) >= 11 is 5.54. The van der Waals surface area contributed by atoms with Crippen molar-refractivity contribution in [2.45, 2.75) is 0 Å². The normalized spacial score (nSPS) is 10.1. The molecular formula is C11H6ClFN2O3. The zero-order valence-electron chi connectivity index (χ0n) is 8.80. The smallest absolute Gasteiger partial charge is 0.342 e. The Kier molecular flexibility index (Phi) is 3.38. The number of halogens is 2. The summed E-state index contributed by atoms with van der Waals surface area (Å²) in [5.41, 5.74) is -0.561. The highest BCUT2D eigenvalue weighted by molar-refractivity contribution is 6.29. The van der Waals surface area contributed by atoms with E-state index in [9.17, 15) is 9.18 Å². The predicted octanol–water partition coefficient (Wildman–Crippen LogP) is 2.76. The van der Waals surface area contributed by atoms with Crippen molar-refractivity contribution in [3.05, 3.63) is 46.9 Å². The molecule has 0 saturated heterocycles. The molecule has 5 nitrogen and oxygen atoms in total. The van der Waals surface area contributed by atoms with Crippen LogP contribution in [0.15, 0.2) is 30.3 Å². The van der Waals surface area contributed by atoms with E-state index in [0.717, 1.165) is 6.07 Å². The molecule has 1 heterocycles. The van der Waals surface area contributed by atoms with E-state index in [-0.39, 0.29) is 16.8 Å². The molecule has 0 amide bonds. The average molecular weight is 269 g/mol. The number of carbonyl (C=O) groups is 1. The summed E-state index contributed by atoms with van der Waals surface area (Å²) in [6.07, 6.45) is 0. The molecule has 0 bridgehead atoms. The van der Waals surface area contributed by atoms with E-state index in [1.807, 2.05) is 0 Å². The molecule has 0 fully saturated rings. The maximum atomic E-state index is 13.3. The van der Waals surface area contributed by atoms with Crippen molar-refractivity contribution in [3.63, 3.8) is 0 Å². The van der Waals surface area contributed by atoms with Crippen LogP contribution in [0.1, 0.15) is 10.4 Å². The highest BCUT2D eigenvalue weighted by Crippen LogP contribution is 2.26. The van der Waals surface area contributed by atoms with Gasteiger partial charge < -0.3 is 9.84 Å². The fourth-order valence-corrected chi connectivity index (χ4v) is 1.37. The van der Waals surface area contributed by atoms with Crippen LogP contribution >= 0.6 is 11.6 Å². The Morgan fingerprint density at radius 2 is 2.06 bits per heavy atom. The minimum absolute atomic E-state index is 0.0208. The monoisotopic (exact) mass is 268 g/mol. The van der Waals surface area contributed by atoms with Crippen LogP contribution in [-0.4, -0.2) is 21.3 Å². The first-order valence-corrected chi connectivity index (χ1v) is 5.14. The van der Waals surface area contributed by atoms with Gasteiger partial charge >= 0.3 is 5.97 Å². The number of nitrogens with zero attached hydrogens (tertiary/aromatic N) is 2. The lowest BCUT2D eigenvalue weighted by molar-refractivity contribution is 0.0689. The Bertz CT molecular complexity index is 589. The summed E-state index contributed by atoms with van der Waals surface area (Å²) in [4.78, 5) is 10.9. The second-order valence-corrected chi connectivity index (χ2v) is 3.60. The Hall–Kier alpha value is -2.21. The van der Waals surface area contributed by atoms with Gasteiger partial charge in [-0.1, -0.05) is 17.7 Å². The maximum Gasteiger partial charge on any atom is 0.342 e. The van der Waals surface area contributed by atoms with Crippen LogP contribution < -0.4 is 4.74 Å². The van der Waals surface area contributed by atoms with E-state index in [1.165, 1.54) is 24.3 Å². The Labute approximate surface area is 106 Å². The summed E-state index contributed by atoms with van der Waals surface area (Å²) in [7, 11) is 0. The van der Waals surface area contributed by atoms with Crippen molar-refractivity contribution < 1.29 is 19.0 Å². The van der Waals surface area contributed by atoms with E-state index in [2.05, 4.69) is 10.2 Å². The summed E-state index contributed by atoms with van der Waals surface area (Å²) < 4.78 is 18.5. The molecular weight excluding hydrogens is 263 g/mol. The molecule has 7 heteroatoms. The van der Waals surface area contributed by atoms with Gasteiger partial charge in [0.05, 0.1) is 0 Å². The van der Waals surface area contributed by atoms with Crippen molar-refractivity contribution >= 4 is 17.6 Å². The lowest BCUT2D eigenvalue weighted by atomic mass is 10.2. The fraction of sp³-hybridized carbons (Fsp3) is 0. The summed E-state index contributed by atoms with van der Waals surface area (Å²) in [5, 5.41) is 16.2. The molecule has 0 spiro atoms. The molecule has 0 unspecified atom stereocenters. The molecule has 0 atom stereocenters. The zero-order valence-corrected chi connectivity index (χ0v) is 9.56. The average Bonchev–Trinajstić information content (AvgIpc) is 2.32. The summed E-state index contributed by atoms with van der Waals surface area (Å²) in [6, 6.07) is 6.50. The number of carboxylic acid groups (broad SMARTS) is 1. The molecule has 0 aliphatic carbocycles. The van der Waals surface area contributed by atoms with Crippen LogP contribution in [0, 0.1) is 5.82 Å². The number of hydrogen-bond donors (Lipinski definition) is 1. The number of aromatic carboxylic acids is 1.